The van der Waals surface area contributed by atoms with Gasteiger partial charge in [-0.2, -0.15) is 0 Å². The Balaban J connectivity index is 1.81. The molecule has 0 spiro atoms. The molecule has 0 bridgehead atoms. The second-order valence-corrected chi connectivity index (χ2v) is 7.28. The first-order valence-corrected chi connectivity index (χ1v) is 9.59. The number of benzene rings is 2. The second kappa shape index (κ2) is 9.45. The van der Waals surface area contributed by atoms with Crippen molar-refractivity contribution in [2.75, 3.05) is 20.8 Å². The normalized spacial score (nSPS) is 26.8. The average molecular weight is 404 g/mol. The van der Waals surface area contributed by atoms with Gasteiger partial charge in [-0.1, -0.05) is 24.3 Å². The van der Waals surface area contributed by atoms with Gasteiger partial charge in [-0.25, -0.2) is 0 Å². The molecule has 7 heteroatoms. The number of rotatable bonds is 7. The van der Waals surface area contributed by atoms with Gasteiger partial charge in [-0.05, 0) is 35.7 Å². The van der Waals surface area contributed by atoms with Gasteiger partial charge in [0, 0.05) is 18.9 Å². The Hall–Kier alpha value is -2.32. The van der Waals surface area contributed by atoms with Crippen LogP contribution in [0.2, 0.25) is 0 Å². The number of ether oxygens (including phenoxy) is 3. The third-order valence-electron chi connectivity index (χ3n) is 5.43. The number of aliphatic hydroxyl groups is 4. The fraction of sp³-hybridized carbons (Fsp3) is 0.455. The Kier molecular flexibility index (Phi) is 6.97. The first kappa shape index (κ1) is 21.4. The Labute approximate surface area is 170 Å². The molecule has 1 saturated carbocycles. The zero-order valence-corrected chi connectivity index (χ0v) is 16.6. The molecule has 158 valence electrons. The van der Waals surface area contributed by atoms with Crippen molar-refractivity contribution in [3.8, 4) is 17.2 Å². The van der Waals surface area contributed by atoms with Crippen LogP contribution < -0.4 is 14.2 Å². The SMILES string of the molecule is COc1ccc(Cc2ccccc2O[C@@H]2C[C@H](CO)[C@@H](O)[C@H](O)[C@H]2O)cc1OC. The predicted molar refractivity (Wildman–Crippen MR) is 106 cm³/mol. The minimum atomic E-state index is -1.37. The fourth-order valence-corrected chi connectivity index (χ4v) is 3.72. The van der Waals surface area contributed by atoms with Gasteiger partial charge in [-0.3, -0.25) is 0 Å². The summed E-state index contributed by atoms with van der Waals surface area (Å²) in [6.07, 6.45) is -3.74. The maximum Gasteiger partial charge on any atom is 0.160 e. The van der Waals surface area contributed by atoms with E-state index >= 15 is 0 Å². The summed E-state index contributed by atoms with van der Waals surface area (Å²) < 4.78 is 16.7. The molecule has 7 nitrogen and oxygen atoms in total. The Morgan fingerprint density at radius 3 is 2.28 bits per heavy atom. The lowest BCUT2D eigenvalue weighted by Crippen LogP contribution is -2.56. The van der Waals surface area contributed by atoms with E-state index in [2.05, 4.69) is 0 Å². The third-order valence-corrected chi connectivity index (χ3v) is 5.43. The van der Waals surface area contributed by atoms with Gasteiger partial charge in [0.1, 0.15) is 24.1 Å². The molecule has 1 aliphatic rings. The molecule has 0 unspecified atom stereocenters. The highest BCUT2D eigenvalue weighted by atomic mass is 16.5. The first-order valence-electron chi connectivity index (χ1n) is 9.59. The monoisotopic (exact) mass is 404 g/mol. The van der Waals surface area contributed by atoms with Crippen LogP contribution in [-0.2, 0) is 6.42 Å². The highest BCUT2D eigenvalue weighted by Gasteiger charge is 2.43. The number of hydrogen-bond acceptors (Lipinski definition) is 7. The molecule has 29 heavy (non-hydrogen) atoms. The summed E-state index contributed by atoms with van der Waals surface area (Å²) in [6, 6.07) is 13.1. The lowest BCUT2D eigenvalue weighted by atomic mass is 9.81. The van der Waals surface area contributed by atoms with Crippen LogP contribution in [0.25, 0.3) is 0 Å². The maximum absolute atomic E-state index is 10.3. The topological polar surface area (TPSA) is 109 Å². The fourth-order valence-electron chi connectivity index (χ4n) is 3.72. The zero-order valence-electron chi connectivity index (χ0n) is 16.6. The second-order valence-electron chi connectivity index (χ2n) is 7.28. The summed E-state index contributed by atoms with van der Waals surface area (Å²) in [5.41, 5.74) is 1.89. The van der Waals surface area contributed by atoms with Crippen molar-refractivity contribution >= 4 is 0 Å². The largest absolute Gasteiger partial charge is 0.493 e. The van der Waals surface area contributed by atoms with E-state index in [-0.39, 0.29) is 13.0 Å². The van der Waals surface area contributed by atoms with Crippen LogP contribution in [0.3, 0.4) is 0 Å². The molecule has 4 N–H and O–H groups in total. The highest BCUT2D eigenvalue weighted by molar-refractivity contribution is 5.45. The van der Waals surface area contributed by atoms with Crippen molar-refractivity contribution in [1.29, 1.82) is 0 Å². The van der Waals surface area contributed by atoms with E-state index in [0.717, 1.165) is 11.1 Å². The molecule has 0 aromatic heterocycles. The van der Waals surface area contributed by atoms with Gasteiger partial charge in [0.05, 0.1) is 20.3 Å². The van der Waals surface area contributed by atoms with Crippen molar-refractivity contribution in [3.63, 3.8) is 0 Å². The van der Waals surface area contributed by atoms with Crippen LogP contribution >= 0.6 is 0 Å². The first-order chi connectivity index (χ1) is 14.0. The van der Waals surface area contributed by atoms with Crippen LogP contribution in [0.1, 0.15) is 17.5 Å². The number of para-hydroxylation sites is 1. The third kappa shape index (κ3) is 4.64. The Bertz CT molecular complexity index is 807. The molecule has 3 rings (SSSR count). The van der Waals surface area contributed by atoms with Crippen LogP contribution in [0.4, 0.5) is 0 Å². The van der Waals surface area contributed by atoms with Crippen molar-refractivity contribution in [2.45, 2.75) is 37.3 Å². The maximum atomic E-state index is 10.3. The van der Waals surface area contributed by atoms with E-state index in [4.69, 9.17) is 14.2 Å². The van der Waals surface area contributed by atoms with Crippen LogP contribution in [0.15, 0.2) is 42.5 Å². The molecule has 0 amide bonds. The van der Waals surface area contributed by atoms with Gasteiger partial charge in [-0.15, -0.1) is 0 Å². The molecule has 0 aliphatic heterocycles. The number of aliphatic hydroxyl groups excluding tert-OH is 4. The van der Waals surface area contributed by atoms with Gasteiger partial charge in [0.15, 0.2) is 11.5 Å². The standard InChI is InChI=1S/C22H28O7/c1-27-17-8-7-13(10-18(17)28-2)9-14-5-3-4-6-16(14)29-19-11-15(12-23)20(24)22(26)21(19)25/h3-8,10,15,19-26H,9,11-12H2,1-2H3/t15-,19-,20-,21+,22+/m1/s1. The summed E-state index contributed by atoms with van der Waals surface area (Å²) in [5.74, 6) is 1.30. The van der Waals surface area contributed by atoms with Crippen LogP contribution in [0, 0.1) is 5.92 Å². The summed E-state index contributed by atoms with van der Waals surface area (Å²) >= 11 is 0. The van der Waals surface area contributed by atoms with E-state index in [9.17, 15) is 20.4 Å². The molecule has 1 aliphatic carbocycles. The van der Waals surface area contributed by atoms with Crippen molar-refractivity contribution in [3.05, 3.63) is 53.6 Å². The quantitative estimate of drug-likeness (QED) is 0.548. The van der Waals surface area contributed by atoms with Crippen molar-refractivity contribution in [1.82, 2.24) is 0 Å². The average Bonchev–Trinajstić information content (AvgIpc) is 2.75. The summed E-state index contributed by atoms with van der Waals surface area (Å²) in [7, 11) is 3.17. The number of hydrogen-bond donors (Lipinski definition) is 4. The predicted octanol–water partition coefficient (Wildman–Crippen LogP) is 1.14. The van der Waals surface area contributed by atoms with Crippen molar-refractivity contribution in [2.24, 2.45) is 5.92 Å². The minimum absolute atomic E-state index is 0.237. The molecular weight excluding hydrogens is 376 g/mol. The molecular formula is C22H28O7. The molecule has 2 aromatic rings. The van der Waals surface area contributed by atoms with Crippen LogP contribution in [-0.4, -0.2) is 65.7 Å². The molecule has 0 saturated heterocycles. The minimum Gasteiger partial charge on any atom is -0.493 e. The number of methoxy groups -OCH3 is 2. The lowest BCUT2D eigenvalue weighted by molar-refractivity contribution is -0.157. The highest BCUT2D eigenvalue weighted by Crippen LogP contribution is 2.33. The van der Waals surface area contributed by atoms with E-state index in [1.807, 2.05) is 36.4 Å². The van der Waals surface area contributed by atoms with E-state index in [0.29, 0.717) is 23.7 Å². The van der Waals surface area contributed by atoms with E-state index in [1.165, 1.54) is 0 Å². The Morgan fingerprint density at radius 1 is 0.862 bits per heavy atom. The summed E-state index contributed by atoms with van der Waals surface area (Å²) in [5, 5.41) is 39.9. The van der Waals surface area contributed by atoms with Gasteiger partial charge in [0.25, 0.3) is 0 Å². The van der Waals surface area contributed by atoms with E-state index in [1.54, 1.807) is 20.3 Å². The molecule has 0 radical (unpaired) electrons. The Morgan fingerprint density at radius 2 is 1.59 bits per heavy atom. The van der Waals surface area contributed by atoms with Gasteiger partial charge < -0.3 is 34.6 Å². The lowest BCUT2D eigenvalue weighted by Gasteiger charge is -2.39. The van der Waals surface area contributed by atoms with Crippen molar-refractivity contribution < 1.29 is 34.6 Å². The molecule has 5 atom stereocenters. The summed E-state index contributed by atoms with van der Waals surface area (Å²) in [4.78, 5) is 0. The zero-order chi connectivity index (χ0) is 21.0. The molecule has 0 heterocycles. The molecule has 1 fully saturated rings. The smallest absolute Gasteiger partial charge is 0.160 e. The van der Waals surface area contributed by atoms with Crippen LogP contribution in [0.5, 0.6) is 17.2 Å². The summed E-state index contributed by atoms with van der Waals surface area (Å²) in [6.45, 7) is -0.294. The van der Waals surface area contributed by atoms with E-state index < -0.39 is 30.3 Å². The van der Waals surface area contributed by atoms with Gasteiger partial charge in [0.2, 0.25) is 0 Å². The van der Waals surface area contributed by atoms with Gasteiger partial charge >= 0.3 is 0 Å². The molecule has 2 aromatic carbocycles.